The zero-order chi connectivity index (χ0) is 18.9. The van der Waals surface area contributed by atoms with Crippen molar-refractivity contribution >= 4 is 28.3 Å². The molecule has 2 saturated carbocycles. The number of hydrogen-bond donors (Lipinski definition) is 0. The first-order chi connectivity index (χ1) is 13.0. The van der Waals surface area contributed by atoms with E-state index in [1.807, 2.05) is 36.6 Å². The van der Waals surface area contributed by atoms with E-state index in [-0.39, 0.29) is 35.5 Å². The van der Waals surface area contributed by atoms with Crippen LogP contribution in [0, 0.1) is 30.6 Å². The number of fused-ring (bicyclic) bond motifs is 5. The van der Waals surface area contributed by atoms with Gasteiger partial charge in [-0.2, -0.15) is 0 Å². The fraction of sp³-hybridized carbons (Fsp3) is 0.409. The molecule has 2 heterocycles. The molecular formula is C22H22N2O2S. The van der Waals surface area contributed by atoms with E-state index in [0.717, 1.165) is 24.1 Å². The third-order valence-electron chi connectivity index (χ3n) is 6.46. The van der Waals surface area contributed by atoms with Gasteiger partial charge in [0.25, 0.3) is 0 Å². The fourth-order valence-corrected chi connectivity index (χ4v) is 6.25. The van der Waals surface area contributed by atoms with Crippen molar-refractivity contribution in [3.05, 3.63) is 46.4 Å². The van der Waals surface area contributed by atoms with Gasteiger partial charge in [0.2, 0.25) is 11.8 Å². The Morgan fingerprint density at radius 2 is 1.63 bits per heavy atom. The predicted molar refractivity (Wildman–Crippen MR) is 106 cm³/mol. The largest absolute Gasteiger partial charge is 0.274 e. The smallest absolute Gasteiger partial charge is 0.240 e. The number of anilines is 1. The lowest BCUT2D eigenvalue weighted by atomic mass is 9.81. The van der Waals surface area contributed by atoms with Crippen molar-refractivity contribution in [3.63, 3.8) is 0 Å². The molecule has 0 N–H and O–H groups in total. The molecule has 5 rings (SSSR count). The van der Waals surface area contributed by atoms with E-state index in [9.17, 15) is 9.59 Å². The van der Waals surface area contributed by atoms with Crippen LogP contribution in [-0.4, -0.2) is 16.8 Å². The van der Waals surface area contributed by atoms with Crippen LogP contribution in [-0.2, 0) is 9.59 Å². The van der Waals surface area contributed by atoms with E-state index in [4.69, 9.17) is 0 Å². The van der Waals surface area contributed by atoms with Crippen LogP contribution in [0.1, 0.15) is 32.3 Å². The van der Waals surface area contributed by atoms with E-state index in [0.29, 0.717) is 5.13 Å². The molecule has 4 atom stereocenters. The lowest BCUT2D eigenvalue weighted by molar-refractivity contribution is -0.123. The Labute approximate surface area is 162 Å². The summed E-state index contributed by atoms with van der Waals surface area (Å²) in [4.78, 5) is 32.4. The Morgan fingerprint density at radius 3 is 2.19 bits per heavy atom. The number of imide groups is 1. The number of carbonyl (C=O) groups excluding carboxylic acids is 2. The summed E-state index contributed by atoms with van der Waals surface area (Å²) in [5, 5.41) is 2.46. The van der Waals surface area contributed by atoms with Gasteiger partial charge in [0, 0.05) is 10.9 Å². The molecule has 2 amide bonds. The number of benzene rings is 1. The molecule has 1 aromatic carbocycles. The number of nitrogens with zero attached hydrogens (tertiary/aromatic N) is 2. The van der Waals surface area contributed by atoms with E-state index in [1.54, 1.807) is 0 Å². The van der Waals surface area contributed by atoms with Crippen LogP contribution in [0.5, 0.6) is 0 Å². The molecule has 1 aliphatic heterocycles. The first-order valence-electron chi connectivity index (χ1n) is 9.55. The van der Waals surface area contributed by atoms with Crippen molar-refractivity contribution < 1.29 is 9.59 Å². The summed E-state index contributed by atoms with van der Waals surface area (Å²) < 4.78 is 0. The number of carbonyl (C=O) groups is 2. The number of allylic oxidation sites excluding steroid dienone is 2. The number of rotatable bonds is 2. The average molecular weight is 378 g/mol. The van der Waals surface area contributed by atoms with Crippen LogP contribution in [0.4, 0.5) is 5.13 Å². The molecule has 138 valence electrons. The Bertz CT molecular complexity index is 952. The molecule has 3 fully saturated rings. The van der Waals surface area contributed by atoms with E-state index in [1.165, 1.54) is 32.9 Å². The van der Waals surface area contributed by atoms with Gasteiger partial charge in [-0.15, -0.1) is 11.3 Å². The van der Waals surface area contributed by atoms with Gasteiger partial charge in [0.05, 0.1) is 17.5 Å². The number of thiazole rings is 1. The SMILES string of the molecule is CC(C)=C1[C@H]2CC[C@H]1[C@@H]1C(=O)N(c3nc(-c4ccc(C)cc4)cs3)C(=O)[C@H]12. The number of aryl methyl sites for hydroxylation is 1. The summed E-state index contributed by atoms with van der Waals surface area (Å²) in [6, 6.07) is 8.14. The van der Waals surface area contributed by atoms with Gasteiger partial charge < -0.3 is 0 Å². The van der Waals surface area contributed by atoms with Crippen LogP contribution >= 0.6 is 11.3 Å². The van der Waals surface area contributed by atoms with E-state index in [2.05, 4.69) is 18.8 Å². The van der Waals surface area contributed by atoms with Gasteiger partial charge in [-0.1, -0.05) is 41.0 Å². The Balaban J connectivity index is 1.49. The second kappa shape index (κ2) is 5.86. The highest BCUT2D eigenvalue weighted by Crippen LogP contribution is 2.60. The topological polar surface area (TPSA) is 50.3 Å². The molecular weight excluding hydrogens is 356 g/mol. The maximum absolute atomic E-state index is 13.2. The van der Waals surface area contributed by atoms with Crippen LogP contribution < -0.4 is 4.90 Å². The van der Waals surface area contributed by atoms with Crippen molar-refractivity contribution in [2.45, 2.75) is 33.6 Å². The molecule has 3 aliphatic rings. The zero-order valence-electron chi connectivity index (χ0n) is 15.7. The zero-order valence-corrected chi connectivity index (χ0v) is 16.5. The van der Waals surface area contributed by atoms with Gasteiger partial charge in [0.15, 0.2) is 5.13 Å². The minimum absolute atomic E-state index is 0.0410. The minimum Gasteiger partial charge on any atom is -0.274 e. The maximum atomic E-state index is 13.2. The Kier molecular flexibility index (Phi) is 3.66. The lowest BCUT2D eigenvalue weighted by Crippen LogP contribution is -2.33. The van der Waals surface area contributed by atoms with Crippen LogP contribution in [0.3, 0.4) is 0 Å². The third kappa shape index (κ3) is 2.30. The molecule has 4 nitrogen and oxygen atoms in total. The van der Waals surface area contributed by atoms with E-state index < -0.39 is 0 Å². The Hall–Kier alpha value is -2.27. The van der Waals surface area contributed by atoms with Gasteiger partial charge >= 0.3 is 0 Å². The number of hydrogen-bond acceptors (Lipinski definition) is 4. The number of aromatic nitrogens is 1. The van der Waals surface area contributed by atoms with Gasteiger partial charge in [0.1, 0.15) is 0 Å². The molecule has 0 spiro atoms. The minimum atomic E-state index is -0.173. The fourth-order valence-electron chi connectivity index (χ4n) is 5.40. The molecule has 2 bridgehead atoms. The summed E-state index contributed by atoms with van der Waals surface area (Å²) in [5.74, 6) is 0.0771. The first-order valence-corrected chi connectivity index (χ1v) is 10.4. The summed E-state index contributed by atoms with van der Waals surface area (Å²) in [6.07, 6.45) is 2.07. The van der Waals surface area contributed by atoms with Crippen LogP contribution in [0.15, 0.2) is 40.8 Å². The molecule has 0 radical (unpaired) electrons. The van der Waals surface area contributed by atoms with Crippen molar-refractivity contribution in [2.24, 2.45) is 23.7 Å². The third-order valence-corrected chi connectivity index (χ3v) is 7.29. The van der Waals surface area contributed by atoms with Crippen molar-refractivity contribution in [3.8, 4) is 11.3 Å². The molecule has 27 heavy (non-hydrogen) atoms. The lowest BCUT2D eigenvalue weighted by Gasteiger charge is -2.18. The molecule has 5 heteroatoms. The molecule has 1 aromatic heterocycles. The molecule has 1 saturated heterocycles. The second-order valence-electron chi connectivity index (χ2n) is 8.19. The van der Waals surface area contributed by atoms with Crippen LogP contribution in [0.2, 0.25) is 0 Å². The maximum Gasteiger partial charge on any atom is 0.240 e. The standard InChI is InChI=1S/C22H22N2O2S/c1-11(2)17-14-8-9-15(17)19-18(14)20(25)24(21(19)26)22-23-16(10-27-22)13-6-4-12(3)5-7-13/h4-7,10,14-15,18-19H,8-9H2,1-3H3/t14-,15-,18+,19+/m1/s1. The normalized spacial score (nSPS) is 29.0. The summed E-state index contributed by atoms with van der Waals surface area (Å²) in [6.45, 7) is 6.28. The van der Waals surface area contributed by atoms with Crippen LogP contribution in [0.25, 0.3) is 11.3 Å². The van der Waals surface area contributed by atoms with E-state index >= 15 is 0 Å². The average Bonchev–Trinajstić information content (AvgIpc) is 3.38. The monoisotopic (exact) mass is 378 g/mol. The highest BCUT2D eigenvalue weighted by molar-refractivity contribution is 7.14. The van der Waals surface area contributed by atoms with Gasteiger partial charge in [-0.25, -0.2) is 9.88 Å². The Morgan fingerprint density at radius 1 is 1.04 bits per heavy atom. The van der Waals surface area contributed by atoms with Gasteiger partial charge in [-0.05, 0) is 45.4 Å². The molecule has 0 unspecified atom stereocenters. The summed E-state index contributed by atoms with van der Waals surface area (Å²) in [5.41, 5.74) is 5.69. The van der Waals surface area contributed by atoms with Crippen molar-refractivity contribution in [1.82, 2.24) is 4.98 Å². The number of amides is 2. The van der Waals surface area contributed by atoms with Gasteiger partial charge in [-0.3, -0.25) is 9.59 Å². The van der Waals surface area contributed by atoms with Crippen molar-refractivity contribution in [2.75, 3.05) is 4.90 Å². The molecule has 2 aromatic rings. The predicted octanol–water partition coefficient (Wildman–Crippen LogP) is 4.60. The molecule has 2 aliphatic carbocycles. The summed E-state index contributed by atoms with van der Waals surface area (Å²) >= 11 is 1.38. The highest BCUT2D eigenvalue weighted by Gasteiger charge is 2.64. The van der Waals surface area contributed by atoms with Crippen molar-refractivity contribution in [1.29, 1.82) is 0 Å². The highest BCUT2D eigenvalue weighted by atomic mass is 32.1. The summed E-state index contributed by atoms with van der Waals surface area (Å²) in [7, 11) is 0. The quantitative estimate of drug-likeness (QED) is 0.567. The second-order valence-corrected chi connectivity index (χ2v) is 9.03. The first kappa shape index (κ1) is 16.9.